The van der Waals surface area contributed by atoms with E-state index in [-0.39, 0.29) is 6.42 Å². The molecule has 0 unspecified atom stereocenters. The molecule has 5 heteroatoms. The molecule has 0 saturated heterocycles. The largest absolute Gasteiger partial charge is 0.368 e. The number of amides is 2. The number of halogens is 1. The summed E-state index contributed by atoms with van der Waals surface area (Å²) in [5.41, 5.74) is 6.03. The number of rotatable bonds is 5. The standard InChI is InChI=1S/C16H15FN2O2/c17-13-9-5-4-8-12(13)10-14(15(18)20)19-16(21)11-6-2-1-3-7-11/h1-9,14H,10H2,(H2,18,20)(H,19,21)/t14-/m1/s1. The minimum Gasteiger partial charge on any atom is -0.368 e. The Morgan fingerprint density at radius 3 is 2.29 bits per heavy atom. The van der Waals surface area contributed by atoms with E-state index in [9.17, 15) is 14.0 Å². The van der Waals surface area contributed by atoms with Crippen LogP contribution in [0.1, 0.15) is 15.9 Å². The van der Waals surface area contributed by atoms with Crippen LogP contribution in [0.15, 0.2) is 54.6 Å². The van der Waals surface area contributed by atoms with Crippen LogP contribution in [0.3, 0.4) is 0 Å². The van der Waals surface area contributed by atoms with Crippen LogP contribution < -0.4 is 11.1 Å². The van der Waals surface area contributed by atoms with Gasteiger partial charge in [0, 0.05) is 12.0 Å². The van der Waals surface area contributed by atoms with Gasteiger partial charge in [0.05, 0.1) is 0 Å². The van der Waals surface area contributed by atoms with Gasteiger partial charge in [-0.05, 0) is 23.8 Å². The molecule has 2 aromatic rings. The highest BCUT2D eigenvalue weighted by Gasteiger charge is 2.20. The van der Waals surface area contributed by atoms with Gasteiger partial charge in [0.25, 0.3) is 5.91 Å². The molecule has 4 nitrogen and oxygen atoms in total. The van der Waals surface area contributed by atoms with Crippen LogP contribution in [0.5, 0.6) is 0 Å². The van der Waals surface area contributed by atoms with Gasteiger partial charge in [-0.2, -0.15) is 0 Å². The zero-order valence-electron chi connectivity index (χ0n) is 11.3. The number of hydrogen-bond donors (Lipinski definition) is 2. The van der Waals surface area contributed by atoms with E-state index < -0.39 is 23.7 Å². The summed E-state index contributed by atoms with van der Waals surface area (Å²) in [5.74, 6) is -1.56. The topological polar surface area (TPSA) is 72.2 Å². The van der Waals surface area contributed by atoms with Crippen molar-refractivity contribution in [3.05, 3.63) is 71.5 Å². The molecule has 0 aliphatic rings. The maximum atomic E-state index is 13.6. The number of hydrogen-bond acceptors (Lipinski definition) is 2. The van der Waals surface area contributed by atoms with E-state index in [1.165, 1.54) is 6.07 Å². The minimum atomic E-state index is -0.963. The Hall–Kier alpha value is -2.69. The summed E-state index contributed by atoms with van der Waals surface area (Å²) in [6, 6.07) is 13.6. The predicted octanol–water partition coefficient (Wildman–Crippen LogP) is 1.65. The molecular weight excluding hydrogens is 271 g/mol. The van der Waals surface area contributed by atoms with E-state index in [0.717, 1.165) is 0 Å². The van der Waals surface area contributed by atoms with Crippen LogP contribution in [0, 0.1) is 5.82 Å². The zero-order valence-corrected chi connectivity index (χ0v) is 11.3. The Kier molecular flexibility index (Phi) is 4.66. The number of nitrogens with two attached hydrogens (primary N) is 1. The quantitative estimate of drug-likeness (QED) is 0.877. The van der Waals surface area contributed by atoms with E-state index in [1.807, 2.05) is 0 Å². The van der Waals surface area contributed by atoms with Crippen molar-refractivity contribution in [2.24, 2.45) is 5.73 Å². The smallest absolute Gasteiger partial charge is 0.251 e. The predicted molar refractivity (Wildman–Crippen MR) is 77.0 cm³/mol. The molecule has 0 spiro atoms. The van der Waals surface area contributed by atoms with Crippen molar-refractivity contribution in [2.45, 2.75) is 12.5 Å². The summed E-state index contributed by atoms with van der Waals surface area (Å²) in [6.07, 6.45) is 0.0145. The molecule has 0 aliphatic heterocycles. The lowest BCUT2D eigenvalue weighted by Gasteiger charge is -2.16. The van der Waals surface area contributed by atoms with Crippen molar-refractivity contribution < 1.29 is 14.0 Å². The fourth-order valence-corrected chi connectivity index (χ4v) is 1.94. The number of nitrogens with one attached hydrogen (secondary N) is 1. The molecule has 3 N–H and O–H groups in total. The van der Waals surface area contributed by atoms with Gasteiger partial charge in [-0.3, -0.25) is 9.59 Å². The van der Waals surface area contributed by atoms with Crippen LogP contribution in [0.25, 0.3) is 0 Å². The fourth-order valence-electron chi connectivity index (χ4n) is 1.94. The lowest BCUT2D eigenvalue weighted by atomic mass is 10.0. The lowest BCUT2D eigenvalue weighted by Crippen LogP contribution is -2.46. The first-order chi connectivity index (χ1) is 10.1. The lowest BCUT2D eigenvalue weighted by molar-refractivity contribution is -0.119. The van der Waals surface area contributed by atoms with Crippen LogP contribution in [-0.4, -0.2) is 17.9 Å². The number of carbonyl (C=O) groups excluding carboxylic acids is 2. The van der Waals surface area contributed by atoms with Crippen molar-refractivity contribution in [1.29, 1.82) is 0 Å². The minimum absolute atomic E-state index is 0.0145. The molecular formula is C16H15FN2O2. The average molecular weight is 286 g/mol. The summed E-state index contributed by atoms with van der Waals surface area (Å²) in [7, 11) is 0. The average Bonchev–Trinajstić information content (AvgIpc) is 2.49. The molecule has 21 heavy (non-hydrogen) atoms. The number of primary amides is 1. The Bertz CT molecular complexity index is 644. The van der Waals surface area contributed by atoms with Crippen LogP contribution in [0.2, 0.25) is 0 Å². The van der Waals surface area contributed by atoms with E-state index in [2.05, 4.69) is 5.32 Å². The molecule has 0 radical (unpaired) electrons. The Morgan fingerprint density at radius 2 is 1.67 bits per heavy atom. The molecule has 0 aromatic heterocycles. The van der Waals surface area contributed by atoms with Gasteiger partial charge in [-0.25, -0.2) is 4.39 Å². The molecule has 2 aromatic carbocycles. The van der Waals surface area contributed by atoms with Crippen LogP contribution in [0.4, 0.5) is 4.39 Å². The Labute approximate surface area is 121 Å². The molecule has 0 bridgehead atoms. The van der Waals surface area contributed by atoms with E-state index in [0.29, 0.717) is 11.1 Å². The van der Waals surface area contributed by atoms with E-state index in [1.54, 1.807) is 48.5 Å². The van der Waals surface area contributed by atoms with Crippen molar-refractivity contribution >= 4 is 11.8 Å². The Morgan fingerprint density at radius 1 is 1.05 bits per heavy atom. The van der Waals surface area contributed by atoms with Crippen molar-refractivity contribution in [3.8, 4) is 0 Å². The van der Waals surface area contributed by atoms with Crippen LogP contribution >= 0.6 is 0 Å². The number of benzene rings is 2. The summed E-state index contributed by atoms with van der Waals surface area (Å²) >= 11 is 0. The molecule has 2 rings (SSSR count). The van der Waals surface area contributed by atoms with Crippen LogP contribution in [-0.2, 0) is 11.2 Å². The third-order valence-corrected chi connectivity index (χ3v) is 3.07. The molecule has 0 heterocycles. The maximum Gasteiger partial charge on any atom is 0.251 e. The third-order valence-electron chi connectivity index (χ3n) is 3.07. The molecule has 0 aliphatic carbocycles. The molecule has 0 fully saturated rings. The van der Waals surface area contributed by atoms with E-state index >= 15 is 0 Å². The molecule has 0 saturated carbocycles. The molecule has 2 amide bonds. The van der Waals surface area contributed by atoms with E-state index in [4.69, 9.17) is 5.73 Å². The van der Waals surface area contributed by atoms with Crippen molar-refractivity contribution in [1.82, 2.24) is 5.32 Å². The van der Waals surface area contributed by atoms with Gasteiger partial charge >= 0.3 is 0 Å². The molecule has 1 atom stereocenters. The zero-order chi connectivity index (χ0) is 15.2. The van der Waals surface area contributed by atoms with Gasteiger partial charge in [0.15, 0.2) is 0 Å². The highest BCUT2D eigenvalue weighted by Crippen LogP contribution is 2.10. The van der Waals surface area contributed by atoms with Gasteiger partial charge < -0.3 is 11.1 Å². The highest BCUT2D eigenvalue weighted by molar-refractivity contribution is 5.97. The van der Waals surface area contributed by atoms with Gasteiger partial charge in [-0.15, -0.1) is 0 Å². The van der Waals surface area contributed by atoms with Crippen molar-refractivity contribution in [2.75, 3.05) is 0 Å². The van der Waals surface area contributed by atoms with Crippen molar-refractivity contribution in [3.63, 3.8) is 0 Å². The summed E-state index contributed by atoms with van der Waals surface area (Å²) in [6.45, 7) is 0. The first-order valence-corrected chi connectivity index (χ1v) is 6.46. The normalized spacial score (nSPS) is 11.7. The summed E-state index contributed by atoms with van der Waals surface area (Å²) in [5, 5.41) is 2.53. The van der Waals surface area contributed by atoms with Gasteiger partial charge in [0.1, 0.15) is 11.9 Å². The second-order valence-corrected chi connectivity index (χ2v) is 4.59. The SMILES string of the molecule is NC(=O)[C@@H](Cc1ccccc1F)NC(=O)c1ccccc1. The summed E-state index contributed by atoms with van der Waals surface area (Å²) in [4.78, 5) is 23.5. The second kappa shape index (κ2) is 6.65. The monoisotopic (exact) mass is 286 g/mol. The maximum absolute atomic E-state index is 13.6. The first-order valence-electron chi connectivity index (χ1n) is 6.46. The Balaban J connectivity index is 2.12. The second-order valence-electron chi connectivity index (χ2n) is 4.59. The van der Waals surface area contributed by atoms with Gasteiger partial charge in [0.2, 0.25) is 5.91 Å². The third kappa shape index (κ3) is 3.89. The first kappa shape index (κ1) is 14.7. The summed E-state index contributed by atoms with van der Waals surface area (Å²) < 4.78 is 13.6. The number of carbonyl (C=O) groups is 2. The fraction of sp³-hybridized carbons (Fsp3) is 0.125. The molecule has 108 valence electrons. The highest BCUT2D eigenvalue weighted by atomic mass is 19.1. The van der Waals surface area contributed by atoms with Gasteiger partial charge in [-0.1, -0.05) is 36.4 Å².